The van der Waals surface area contributed by atoms with Gasteiger partial charge in [0.15, 0.2) is 0 Å². The molecule has 0 amide bonds. The van der Waals surface area contributed by atoms with Crippen LogP contribution in [-0.2, 0) is 16.6 Å². The van der Waals surface area contributed by atoms with Gasteiger partial charge in [-0.3, -0.25) is 0 Å². The highest BCUT2D eigenvalue weighted by Crippen LogP contribution is 2.21. The van der Waals surface area contributed by atoms with Crippen LogP contribution in [0.5, 0.6) is 0 Å². The van der Waals surface area contributed by atoms with E-state index in [9.17, 15) is 21.6 Å². The molecular weight excluding hydrogens is 305 g/mol. The van der Waals surface area contributed by atoms with E-state index in [-0.39, 0.29) is 11.3 Å². The highest BCUT2D eigenvalue weighted by molar-refractivity contribution is 7.89. The van der Waals surface area contributed by atoms with Crippen molar-refractivity contribution in [3.8, 4) is 0 Å². The summed E-state index contributed by atoms with van der Waals surface area (Å²) in [5, 5.41) is 0. The molecule has 0 unspecified atom stereocenters. The van der Waals surface area contributed by atoms with Crippen molar-refractivity contribution in [2.45, 2.75) is 11.4 Å². The van der Waals surface area contributed by atoms with Crippen LogP contribution in [0.15, 0.2) is 41.3 Å². The van der Waals surface area contributed by atoms with E-state index in [1.807, 2.05) is 4.72 Å². The van der Waals surface area contributed by atoms with Crippen LogP contribution in [0.1, 0.15) is 5.56 Å². The fourth-order valence-corrected chi connectivity index (χ4v) is 2.91. The van der Waals surface area contributed by atoms with Crippen molar-refractivity contribution in [1.29, 1.82) is 0 Å². The minimum atomic E-state index is -4.26. The molecule has 0 bridgehead atoms. The molecule has 112 valence electrons. The summed E-state index contributed by atoms with van der Waals surface area (Å²) in [7, 11) is -4.26. The molecule has 0 fully saturated rings. The lowest BCUT2D eigenvalue weighted by Gasteiger charge is -2.10. The summed E-state index contributed by atoms with van der Waals surface area (Å²) < 4.78 is 65.8. The van der Waals surface area contributed by atoms with Gasteiger partial charge in [0.1, 0.15) is 22.3 Å². The quantitative estimate of drug-likeness (QED) is 0.849. The van der Waals surface area contributed by atoms with Gasteiger partial charge < -0.3 is 5.73 Å². The normalized spacial score (nSPS) is 11.6. The zero-order valence-electron chi connectivity index (χ0n) is 10.6. The smallest absolute Gasteiger partial charge is 0.245 e. The fraction of sp³-hybridized carbons (Fsp3) is 0.0769. The van der Waals surface area contributed by atoms with Gasteiger partial charge in [0, 0.05) is 18.2 Å². The Hall–Kier alpha value is -2.06. The van der Waals surface area contributed by atoms with Gasteiger partial charge in [-0.2, -0.15) is 0 Å². The fourth-order valence-electron chi connectivity index (χ4n) is 1.72. The Kier molecular flexibility index (Phi) is 4.19. The van der Waals surface area contributed by atoms with Gasteiger partial charge in [-0.25, -0.2) is 26.3 Å². The predicted molar refractivity (Wildman–Crippen MR) is 71.2 cm³/mol. The van der Waals surface area contributed by atoms with Crippen LogP contribution in [-0.4, -0.2) is 8.42 Å². The van der Waals surface area contributed by atoms with Crippen LogP contribution in [0.3, 0.4) is 0 Å². The maximum Gasteiger partial charge on any atom is 0.245 e. The molecule has 0 aliphatic rings. The topological polar surface area (TPSA) is 72.2 Å². The van der Waals surface area contributed by atoms with Crippen molar-refractivity contribution in [3.63, 3.8) is 0 Å². The summed E-state index contributed by atoms with van der Waals surface area (Å²) >= 11 is 0. The monoisotopic (exact) mass is 316 g/mol. The Morgan fingerprint density at radius 1 is 1.05 bits per heavy atom. The van der Waals surface area contributed by atoms with Crippen molar-refractivity contribution >= 4 is 15.7 Å². The SMILES string of the molecule is Nc1cccc(F)c1S(=O)(=O)NCc1ccc(F)cc1F. The summed E-state index contributed by atoms with van der Waals surface area (Å²) in [5.74, 6) is -2.70. The second kappa shape index (κ2) is 5.74. The van der Waals surface area contributed by atoms with Crippen molar-refractivity contribution in [2.24, 2.45) is 0 Å². The van der Waals surface area contributed by atoms with Gasteiger partial charge >= 0.3 is 0 Å². The molecule has 0 aliphatic heterocycles. The van der Waals surface area contributed by atoms with E-state index >= 15 is 0 Å². The first-order chi connectivity index (χ1) is 9.81. The van der Waals surface area contributed by atoms with E-state index in [1.54, 1.807) is 0 Å². The van der Waals surface area contributed by atoms with E-state index in [0.717, 1.165) is 18.2 Å². The van der Waals surface area contributed by atoms with Gasteiger partial charge in [0.25, 0.3) is 0 Å². The van der Waals surface area contributed by atoms with E-state index in [4.69, 9.17) is 5.73 Å². The van der Waals surface area contributed by atoms with E-state index in [0.29, 0.717) is 6.07 Å². The molecule has 0 spiro atoms. The number of halogens is 3. The number of anilines is 1. The average Bonchev–Trinajstić information content (AvgIpc) is 2.37. The number of nitrogens with two attached hydrogens (primary N) is 1. The molecular formula is C13H11F3N2O2S. The minimum absolute atomic E-state index is 0.0742. The molecule has 2 aromatic carbocycles. The minimum Gasteiger partial charge on any atom is -0.398 e. The number of hydrogen-bond donors (Lipinski definition) is 2. The number of nitrogens with one attached hydrogen (secondary N) is 1. The Morgan fingerprint density at radius 2 is 1.76 bits per heavy atom. The third-order valence-electron chi connectivity index (χ3n) is 2.73. The van der Waals surface area contributed by atoms with Gasteiger partial charge in [-0.15, -0.1) is 0 Å². The third-order valence-corrected chi connectivity index (χ3v) is 4.23. The molecule has 0 radical (unpaired) electrons. The molecule has 2 aromatic rings. The van der Waals surface area contributed by atoms with E-state index < -0.39 is 38.9 Å². The van der Waals surface area contributed by atoms with E-state index in [1.165, 1.54) is 12.1 Å². The van der Waals surface area contributed by atoms with Crippen LogP contribution >= 0.6 is 0 Å². The van der Waals surface area contributed by atoms with Crippen molar-refractivity contribution < 1.29 is 21.6 Å². The van der Waals surface area contributed by atoms with E-state index in [2.05, 4.69) is 0 Å². The second-order valence-corrected chi connectivity index (χ2v) is 5.92. The Bertz CT molecular complexity index is 759. The second-order valence-electron chi connectivity index (χ2n) is 4.22. The lowest BCUT2D eigenvalue weighted by Crippen LogP contribution is -2.25. The molecule has 8 heteroatoms. The van der Waals surface area contributed by atoms with Crippen LogP contribution in [0.25, 0.3) is 0 Å². The Morgan fingerprint density at radius 3 is 2.38 bits per heavy atom. The first-order valence-electron chi connectivity index (χ1n) is 5.79. The van der Waals surface area contributed by atoms with Gasteiger partial charge in [-0.05, 0) is 18.2 Å². The summed E-state index contributed by atoms with van der Waals surface area (Å²) in [6.45, 7) is -0.456. The zero-order valence-corrected chi connectivity index (χ0v) is 11.4. The number of nitrogen functional groups attached to an aromatic ring is 1. The van der Waals surface area contributed by atoms with Gasteiger partial charge in [0.2, 0.25) is 10.0 Å². The van der Waals surface area contributed by atoms with Crippen LogP contribution in [0, 0.1) is 17.5 Å². The molecule has 0 saturated carbocycles. The summed E-state index contributed by atoms with van der Waals surface area (Å²) in [6.07, 6.45) is 0. The summed E-state index contributed by atoms with van der Waals surface area (Å²) in [4.78, 5) is -0.701. The maximum atomic E-state index is 13.6. The summed E-state index contributed by atoms with van der Waals surface area (Å²) in [5.41, 5.74) is 5.11. The number of rotatable bonds is 4. The number of benzene rings is 2. The molecule has 4 nitrogen and oxygen atoms in total. The van der Waals surface area contributed by atoms with Crippen LogP contribution < -0.4 is 10.5 Å². The highest BCUT2D eigenvalue weighted by atomic mass is 32.2. The van der Waals surface area contributed by atoms with Gasteiger partial charge in [0.05, 0.1) is 5.69 Å². The average molecular weight is 316 g/mol. The van der Waals surface area contributed by atoms with Crippen molar-refractivity contribution in [1.82, 2.24) is 4.72 Å². The molecule has 0 aliphatic carbocycles. The molecule has 21 heavy (non-hydrogen) atoms. The Balaban J connectivity index is 2.26. The zero-order chi connectivity index (χ0) is 15.6. The predicted octanol–water partition coefficient (Wildman–Crippen LogP) is 2.16. The number of sulfonamides is 1. The van der Waals surface area contributed by atoms with Crippen LogP contribution in [0.4, 0.5) is 18.9 Å². The Labute approximate surface area is 119 Å². The van der Waals surface area contributed by atoms with Gasteiger partial charge in [-0.1, -0.05) is 12.1 Å². The first-order valence-corrected chi connectivity index (χ1v) is 7.27. The first kappa shape index (κ1) is 15.3. The van der Waals surface area contributed by atoms with Crippen molar-refractivity contribution in [3.05, 3.63) is 59.4 Å². The molecule has 0 aromatic heterocycles. The maximum absolute atomic E-state index is 13.6. The molecule has 0 heterocycles. The van der Waals surface area contributed by atoms with Crippen LogP contribution in [0.2, 0.25) is 0 Å². The highest BCUT2D eigenvalue weighted by Gasteiger charge is 2.22. The third kappa shape index (κ3) is 3.34. The van der Waals surface area contributed by atoms with Crippen molar-refractivity contribution in [2.75, 3.05) is 5.73 Å². The lowest BCUT2D eigenvalue weighted by atomic mass is 10.2. The standard InChI is InChI=1S/C13H11F3N2O2S/c14-9-5-4-8(11(16)6-9)7-18-21(19,20)13-10(15)2-1-3-12(13)17/h1-6,18H,7,17H2. The summed E-state index contributed by atoms with van der Waals surface area (Å²) in [6, 6.07) is 6.16. The lowest BCUT2D eigenvalue weighted by molar-refractivity contribution is 0.552. The largest absolute Gasteiger partial charge is 0.398 e. The number of hydrogen-bond acceptors (Lipinski definition) is 3. The molecule has 2 rings (SSSR count). The molecule has 0 saturated heterocycles. The molecule has 0 atom stereocenters. The molecule has 3 N–H and O–H groups in total.